The Morgan fingerprint density at radius 1 is 1.07 bits per heavy atom. The first-order valence-electron chi connectivity index (χ1n) is 9.79. The summed E-state index contributed by atoms with van der Waals surface area (Å²) >= 11 is 0. The Hall–Kier alpha value is -2.71. The number of methoxy groups -OCH3 is 1. The SMILES string of the molecule is COC(=O)c1ccccc1S(=O)(=O)N1CCC(C(=O)Nc2ccc(C)cc2C)CC1. The second-order valence-electron chi connectivity index (χ2n) is 7.47. The van der Waals surface area contributed by atoms with Crippen molar-refractivity contribution in [2.45, 2.75) is 31.6 Å². The Labute approximate surface area is 177 Å². The summed E-state index contributed by atoms with van der Waals surface area (Å²) in [5, 5.41) is 2.96. The molecule has 0 unspecified atom stereocenters. The molecule has 3 rings (SSSR count). The van der Waals surface area contributed by atoms with Crippen molar-refractivity contribution < 1.29 is 22.7 Å². The van der Waals surface area contributed by atoms with E-state index in [4.69, 9.17) is 4.74 Å². The van der Waals surface area contributed by atoms with Crippen molar-refractivity contribution in [2.24, 2.45) is 5.92 Å². The lowest BCUT2D eigenvalue weighted by atomic mass is 9.97. The van der Waals surface area contributed by atoms with E-state index in [-0.39, 0.29) is 35.4 Å². The number of nitrogens with zero attached hydrogens (tertiary/aromatic N) is 1. The summed E-state index contributed by atoms with van der Waals surface area (Å²) in [6.45, 7) is 4.36. The molecule has 2 aromatic carbocycles. The van der Waals surface area contributed by atoms with Crippen molar-refractivity contribution in [3.63, 3.8) is 0 Å². The molecule has 0 radical (unpaired) electrons. The van der Waals surface area contributed by atoms with Gasteiger partial charge >= 0.3 is 5.97 Å². The van der Waals surface area contributed by atoms with Gasteiger partial charge in [-0.25, -0.2) is 13.2 Å². The zero-order chi connectivity index (χ0) is 21.9. The number of esters is 1. The Morgan fingerprint density at radius 2 is 1.73 bits per heavy atom. The number of ether oxygens (including phenoxy) is 1. The van der Waals surface area contributed by atoms with E-state index in [9.17, 15) is 18.0 Å². The number of anilines is 1. The number of amides is 1. The summed E-state index contributed by atoms with van der Waals surface area (Å²) < 4.78 is 32.2. The fourth-order valence-corrected chi connectivity index (χ4v) is 5.31. The average Bonchev–Trinajstić information content (AvgIpc) is 2.75. The summed E-state index contributed by atoms with van der Waals surface area (Å²) in [5.41, 5.74) is 2.89. The van der Waals surface area contributed by atoms with Gasteiger partial charge in [-0.1, -0.05) is 29.8 Å². The first kappa shape index (κ1) is 22.0. The normalized spacial score (nSPS) is 15.6. The molecule has 0 bridgehead atoms. The molecule has 1 fully saturated rings. The molecule has 1 N–H and O–H groups in total. The molecule has 30 heavy (non-hydrogen) atoms. The molecular formula is C22H26N2O5S. The van der Waals surface area contributed by atoms with E-state index in [1.807, 2.05) is 32.0 Å². The van der Waals surface area contributed by atoms with Gasteiger partial charge in [0.2, 0.25) is 15.9 Å². The molecule has 0 spiro atoms. The average molecular weight is 431 g/mol. The number of carbonyl (C=O) groups excluding carboxylic acids is 2. The maximum Gasteiger partial charge on any atom is 0.339 e. The third-order valence-electron chi connectivity index (χ3n) is 5.37. The van der Waals surface area contributed by atoms with Crippen LogP contribution in [0.2, 0.25) is 0 Å². The maximum absolute atomic E-state index is 13.1. The van der Waals surface area contributed by atoms with Crippen LogP contribution in [-0.2, 0) is 19.6 Å². The highest BCUT2D eigenvalue weighted by Gasteiger charge is 2.34. The van der Waals surface area contributed by atoms with Crippen molar-refractivity contribution >= 4 is 27.6 Å². The van der Waals surface area contributed by atoms with E-state index in [0.717, 1.165) is 16.8 Å². The van der Waals surface area contributed by atoms with Gasteiger partial charge in [-0.05, 0) is 50.5 Å². The highest BCUT2D eigenvalue weighted by Crippen LogP contribution is 2.27. The van der Waals surface area contributed by atoms with Crippen LogP contribution in [0.25, 0.3) is 0 Å². The van der Waals surface area contributed by atoms with Crippen molar-refractivity contribution in [3.05, 3.63) is 59.2 Å². The summed E-state index contributed by atoms with van der Waals surface area (Å²) in [4.78, 5) is 24.6. The molecule has 0 aliphatic carbocycles. The minimum absolute atomic E-state index is 0.00899. The van der Waals surface area contributed by atoms with Gasteiger partial charge in [0, 0.05) is 24.7 Å². The van der Waals surface area contributed by atoms with Crippen LogP contribution in [0.4, 0.5) is 5.69 Å². The molecule has 1 amide bonds. The molecule has 1 aliphatic heterocycles. The van der Waals surface area contributed by atoms with Crippen LogP contribution in [0.15, 0.2) is 47.4 Å². The van der Waals surface area contributed by atoms with E-state index in [0.29, 0.717) is 12.8 Å². The molecule has 0 saturated carbocycles. The van der Waals surface area contributed by atoms with Gasteiger partial charge in [-0.3, -0.25) is 4.79 Å². The third-order valence-corrected chi connectivity index (χ3v) is 7.33. The lowest BCUT2D eigenvalue weighted by molar-refractivity contribution is -0.120. The zero-order valence-electron chi connectivity index (χ0n) is 17.3. The van der Waals surface area contributed by atoms with Crippen LogP contribution in [0.1, 0.15) is 34.3 Å². The van der Waals surface area contributed by atoms with Crippen molar-refractivity contribution in [2.75, 3.05) is 25.5 Å². The van der Waals surface area contributed by atoms with Gasteiger partial charge in [0.15, 0.2) is 0 Å². The number of carbonyl (C=O) groups is 2. The summed E-state index contributed by atoms with van der Waals surface area (Å²) in [5.74, 6) is -1.07. The third kappa shape index (κ3) is 4.55. The van der Waals surface area contributed by atoms with Crippen LogP contribution >= 0.6 is 0 Å². The van der Waals surface area contributed by atoms with E-state index in [1.54, 1.807) is 12.1 Å². The molecule has 0 aromatic heterocycles. The fourth-order valence-electron chi connectivity index (χ4n) is 3.66. The van der Waals surface area contributed by atoms with Gasteiger partial charge in [0.05, 0.1) is 17.6 Å². The molecule has 1 aliphatic rings. The van der Waals surface area contributed by atoms with Crippen molar-refractivity contribution in [1.29, 1.82) is 0 Å². The topological polar surface area (TPSA) is 92.8 Å². The van der Waals surface area contributed by atoms with Crippen LogP contribution in [0.5, 0.6) is 0 Å². The Balaban J connectivity index is 1.69. The Bertz CT molecular complexity index is 1060. The lowest BCUT2D eigenvalue weighted by Crippen LogP contribution is -2.41. The van der Waals surface area contributed by atoms with Crippen molar-refractivity contribution in [3.8, 4) is 0 Å². The van der Waals surface area contributed by atoms with Crippen LogP contribution in [-0.4, -0.2) is 44.8 Å². The van der Waals surface area contributed by atoms with Gasteiger partial charge in [-0.2, -0.15) is 4.31 Å². The smallest absolute Gasteiger partial charge is 0.339 e. The molecule has 7 nitrogen and oxygen atoms in total. The van der Waals surface area contributed by atoms with Gasteiger partial charge in [0.1, 0.15) is 0 Å². The Morgan fingerprint density at radius 3 is 2.37 bits per heavy atom. The second-order valence-corrected chi connectivity index (χ2v) is 9.38. The summed E-state index contributed by atoms with van der Waals surface area (Å²) in [7, 11) is -2.65. The lowest BCUT2D eigenvalue weighted by Gasteiger charge is -2.31. The monoisotopic (exact) mass is 430 g/mol. The number of sulfonamides is 1. The number of nitrogens with one attached hydrogen (secondary N) is 1. The van der Waals surface area contributed by atoms with Gasteiger partial charge < -0.3 is 10.1 Å². The summed E-state index contributed by atoms with van der Waals surface area (Å²) in [6, 6.07) is 11.8. The number of benzene rings is 2. The van der Waals surface area contributed by atoms with E-state index >= 15 is 0 Å². The first-order valence-corrected chi connectivity index (χ1v) is 11.2. The second kappa shape index (κ2) is 8.97. The highest BCUT2D eigenvalue weighted by atomic mass is 32.2. The number of piperidine rings is 1. The summed E-state index contributed by atoms with van der Waals surface area (Å²) in [6.07, 6.45) is 0.826. The minimum atomic E-state index is -3.87. The van der Waals surface area contributed by atoms with E-state index in [2.05, 4.69) is 5.32 Å². The number of rotatable bonds is 5. The number of aryl methyl sites for hydroxylation is 2. The largest absolute Gasteiger partial charge is 0.465 e. The predicted molar refractivity (Wildman–Crippen MR) is 114 cm³/mol. The predicted octanol–water partition coefficient (Wildman–Crippen LogP) is 3.13. The number of hydrogen-bond acceptors (Lipinski definition) is 5. The molecule has 8 heteroatoms. The van der Waals surface area contributed by atoms with Gasteiger partial charge in [-0.15, -0.1) is 0 Å². The molecule has 0 atom stereocenters. The molecule has 2 aromatic rings. The fraction of sp³-hybridized carbons (Fsp3) is 0.364. The first-order chi connectivity index (χ1) is 14.2. The quantitative estimate of drug-likeness (QED) is 0.736. The molecule has 1 saturated heterocycles. The highest BCUT2D eigenvalue weighted by molar-refractivity contribution is 7.89. The minimum Gasteiger partial charge on any atom is -0.465 e. The standard InChI is InChI=1S/C22H26N2O5S/c1-15-8-9-19(16(2)14-15)23-21(25)17-10-12-24(13-11-17)30(27,28)20-7-5-4-6-18(20)22(26)29-3/h4-9,14,17H,10-13H2,1-3H3,(H,23,25). The molecule has 1 heterocycles. The molecular weight excluding hydrogens is 404 g/mol. The van der Waals surface area contributed by atoms with E-state index < -0.39 is 16.0 Å². The van der Waals surface area contributed by atoms with E-state index in [1.165, 1.54) is 23.5 Å². The van der Waals surface area contributed by atoms with Crippen LogP contribution in [0.3, 0.4) is 0 Å². The molecule has 160 valence electrons. The Kier molecular flexibility index (Phi) is 6.58. The maximum atomic E-state index is 13.1. The van der Waals surface area contributed by atoms with Crippen LogP contribution in [0, 0.1) is 19.8 Å². The van der Waals surface area contributed by atoms with Crippen molar-refractivity contribution in [1.82, 2.24) is 4.31 Å². The number of hydrogen-bond donors (Lipinski definition) is 1. The zero-order valence-corrected chi connectivity index (χ0v) is 18.2. The van der Waals surface area contributed by atoms with Gasteiger partial charge in [0.25, 0.3) is 0 Å². The van der Waals surface area contributed by atoms with Crippen LogP contribution < -0.4 is 5.32 Å².